The molecule has 15 heavy (non-hydrogen) atoms. The third kappa shape index (κ3) is 2.41. The van der Waals surface area contributed by atoms with Crippen LogP contribution < -0.4 is 9.47 Å². The van der Waals surface area contributed by atoms with Crippen LogP contribution in [0.3, 0.4) is 0 Å². The summed E-state index contributed by atoms with van der Waals surface area (Å²) in [6.45, 7) is 1.96. The van der Waals surface area contributed by atoms with E-state index in [0.29, 0.717) is 12.0 Å². The largest absolute Gasteiger partial charge is 0.491 e. The van der Waals surface area contributed by atoms with E-state index in [1.807, 2.05) is 19.1 Å². The van der Waals surface area contributed by atoms with Crippen molar-refractivity contribution >= 4 is 0 Å². The van der Waals surface area contributed by atoms with E-state index >= 15 is 0 Å². The maximum absolute atomic E-state index is 5.84. The molecular formula is C12H17NO2. The van der Waals surface area contributed by atoms with Gasteiger partial charge in [-0.3, -0.25) is 0 Å². The third-order valence-corrected chi connectivity index (χ3v) is 2.77. The maximum Gasteiger partial charge on any atom is 0.257 e. The van der Waals surface area contributed by atoms with E-state index in [-0.39, 0.29) is 0 Å². The van der Waals surface area contributed by atoms with Crippen LogP contribution in [0.25, 0.3) is 0 Å². The van der Waals surface area contributed by atoms with Crippen molar-refractivity contribution in [2.45, 2.75) is 38.7 Å². The van der Waals surface area contributed by atoms with Crippen LogP contribution in [0.1, 0.15) is 31.4 Å². The highest BCUT2D eigenvalue weighted by molar-refractivity contribution is 5.34. The van der Waals surface area contributed by atoms with E-state index in [1.165, 1.54) is 12.8 Å². The molecule has 0 bridgehead atoms. The first-order valence-corrected chi connectivity index (χ1v) is 5.48. The summed E-state index contributed by atoms with van der Waals surface area (Å²) in [7, 11) is 1.65. The van der Waals surface area contributed by atoms with Gasteiger partial charge in [0.1, 0.15) is 6.10 Å². The van der Waals surface area contributed by atoms with Crippen molar-refractivity contribution in [2.75, 3.05) is 7.11 Å². The van der Waals surface area contributed by atoms with Gasteiger partial charge in [0.2, 0.25) is 0 Å². The number of pyridine rings is 1. The van der Waals surface area contributed by atoms with Crippen molar-refractivity contribution in [3.05, 3.63) is 17.8 Å². The van der Waals surface area contributed by atoms with Gasteiger partial charge >= 0.3 is 0 Å². The number of aryl methyl sites for hydroxylation is 1. The highest BCUT2D eigenvalue weighted by atomic mass is 16.5. The Hall–Kier alpha value is -1.25. The summed E-state index contributed by atoms with van der Waals surface area (Å²) in [6.07, 6.45) is 5.13. The standard InChI is InChI=1S/C12H17NO2/c1-9-7-8-11(14-2)12(13-9)15-10-5-3-4-6-10/h7-8,10H,3-6H2,1-2H3. The molecule has 0 aliphatic heterocycles. The predicted molar refractivity (Wildman–Crippen MR) is 58.4 cm³/mol. The second-order valence-electron chi connectivity index (χ2n) is 3.98. The van der Waals surface area contributed by atoms with Crippen LogP contribution in [0.4, 0.5) is 0 Å². The molecule has 1 aliphatic rings. The molecule has 0 amide bonds. The van der Waals surface area contributed by atoms with Crippen molar-refractivity contribution in [1.29, 1.82) is 0 Å². The zero-order valence-electron chi connectivity index (χ0n) is 9.32. The number of hydrogen-bond acceptors (Lipinski definition) is 3. The highest BCUT2D eigenvalue weighted by Gasteiger charge is 2.19. The molecule has 0 N–H and O–H groups in total. The van der Waals surface area contributed by atoms with Crippen molar-refractivity contribution < 1.29 is 9.47 Å². The van der Waals surface area contributed by atoms with Crippen LogP contribution in [0.15, 0.2) is 12.1 Å². The van der Waals surface area contributed by atoms with Gasteiger partial charge < -0.3 is 9.47 Å². The van der Waals surface area contributed by atoms with Crippen LogP contribution in [0.2, 0.25) is 0 Å². The van der Waals surface area contributed by atoms with E-state index in [9.17, 15) is 0 Å². The zero-order chi connectivity index (χ0) is 10.7. The van der Waals surface area contributed by atoms with E-state index in [4.69, 9.17) is 9.47 Å². The molecule has 1 aromatic heterocycles. The van der Waals surface area contributed by atoms with Crippen LogP contribution >= 0.6 is 0 Å². The molecule has 1 aliphatic carbocycles. The van der Waals surface area contributed by atoms with Gasteiger partial charge in [-0.2, -0.15) is 0 Å². The summed E-state index contributed by atoms with van der Waals surface area (Å²) >= 11 is 0. The Bertz CT molecular complexity index is 332. The molecule has 3 heteroatoms. The van der Waals surface area contributed by atoms with Gasteiger partial charge in [0.05, 0.1) is 7.11 Å². The van der Waals surface area contributed by atoms with Crippen LogP contribution in [0, 0.1) is 6.92 Å². The summed E-state index contributed by atoms with van der Waals surface area (Å²) < 4.78 is 11.1. The number of methoxy groups -OCH3 is 1. The molecule has 3 nitrogen and oxygen atoms in total. The van der Waals surface area contributed by atoms with Gasteiger partial charge in [0.15, 0.2) is 5.75 Å². The average Bonchev–Trinajstić information content (AvgIpc) is 2.71. The first kappa shape index (κ1) is 10.3. The van der Waals surface area contributed by atoms with E-state index in [1.54, 1.807) is 7.11 Å². The van der Waals surface area contributed by atoms with Gasteiger partial charge in [0, 0.05) is 5.69 Å². The molecule has 0 aromatic carbocycles. The summed E-state index contributed by atoms with van der Waals surface area (Å²) in [5.41, 5.74) is 0.962. The van der Waals surface area contributed by atoms with Crippen LogP contribution in [0.5, 0.6) is 11.6 Å². The number of rotatable bonds is 3. The molecule has 1 heterocycles. The van der Waals surface area contributed by atoms with E-state index in [2.05, 4.69) is 4.98 Å². The van der Waals surface area contributed by atoms with Gasteiger partial charge in [-0.25, -0.2) is 4.98 Å². The molecule has 0 spiro atoms. The Morgan fingerprint density at radius 2 is 2.00 bits per heavy atom. The Kier molecular flexibility index (Phi) is 3.09. The molecule has 0 unspecified atom stereocenters. The van der Waals surface area contributed by atoms with Gasteiger partial charge in [-0.1, -0.05) is 0 Å². The van der Waals surface area contributed by atoms with Crippen molar-refractivity contribution in [1.82, 2.24) is 4.98 Å². The molecule has 0 radical (unpaired) electrons. The van der Waals surface area contributed by atoms with Crippen LogP contribution in [-0.2, 0) is 0 Å². The molecule has 2 rings (SSSR count). The SMILES string of the molecule is COc1ccc(C)nc1OC1CCCC1. The van der Waals surface area contributed by atoms with Gasteiger partial charge in [-0.05, 0) is 44.7 Å². The lowest BCUT2D eigenvalue weighted by atomic mass is 10.3. The summed E-state index contributed by atoms with van der Waals surface area (Å²) in [4.78, 5) is 4.36. The fraction of sp³-hybridized carbons (Fsp3) is 0.583. The lowest BCUT2D eigenvalue weighted by Crippen LogP contribution is -2.12. The fourth-order valence-electron chi connectivity index (χ4n) is 1.92. The second kappa shape index (κ2) is 4.51. The summed E-state index contributed by atoms with van der Waals surface area (Å²) in [6, 6.07) is 3.84. The van der Waals surface area contributed by atoms with Gasteiger partial charge in [0.25, 0.3) is 5.88 Å². The lowest BCUT2D eigenvalue weighted by molar-refractivity contribution is 0.191. The quantitative estimate of drug-likeness (QED) is 0.763. The minimum Gasteiger partial charge on any atom is -0.491 e. The molecule has 1 fully saturated rings. The van der Waals surface area contributed by atoms with E-state index < -0.39 is 0 Å². The molecule has 0 atom stereocenters. The highest BCUT2D eigenvalue weighted by Crippen LogP contribution is 2.29. The fourth-order valence-corrected chi connectivity index (χ4v) is 1.92. The Balaban J connectivity index is 2.14. The minimum atomic E-state index is 0.327. The zero-order valence-corrected chi connectivity index (χ0v) is 9.32. The van der Waals surface area contributed by atoms with Gasteiger partial charge in [-0.15, -0.1) is 0 Å². The predicted octanol–water partition coefficient (Wildman–Crippen LogP) is 2.72. The van der Waals surface area contributed by atoms with E-state index in [0.717, 1.165) is 24.3 Å². The molecule has 82 valence electrons. The first-order valence-electron chi connectivity index (χ1n) is 5.48. The van der Waals surface area contributed by atoms with Crippen molar-refractivity contribution in [3.63, 3.8) is 0 Å². The molecule has 0 saturated heterocycles. The number of aromatic nitrogens is 1. The Morgan fingerprint density at radius 3 is 2.67 bits per heavy atom. The number of nitrogens with zero attached hydrogens (tertiary/aromatic N) is 1. The smallest absolute Gasteiger partial charge is 0.257 e. The third-order valence-electron chi connectivity index (χ3n) is 2.77. The molecule has 1 saturated carbocycles. The first-order chi connectivity index (χ1) is 7.29. The topological polar surface area (TPSA) is 31.4 Å². The number of hydrogen-bond donors (Lipinski definition) is 0. The average molecular weight is 207 g/mol. The summed E-state index contributed by atoms with van der Waals surface area (Å²) in [5, 5.41) is 0. The lowest BCUT2D eigenvalue weighted by Gasteiger charge is -2.14. The summed E-state index contributed by atoms with van der Waals surface area (Å²) in [5.74, 6) is 1.37. The second-order valence-corrected chi connectivity index (χ2v) is 3.98. The number of ether oxygens (including phenoxy) is 2. The Labute approximate surface area is 90.4 Å². The minimum absolute atomic E-state index is 0.327. The van der Waals surface area contributed by atoms with Crippen molar-refractivity contribution in [2.24, 2.45) is 0 Å². The monoisotopic (exact) mass is 207 g/mol. The van der Waals surface area contributed by atoms with Crippen LogP contribution in [-0.4, -0.2) is 18.2 Å². The molecule has 1 aromatic rings. The Morgan fingerprint density at radius 1 is 1.27 bits per heavy atom. The maximum atomic E-state index is 5.84. The molecular weight excluding hydrogens is 190 g/mol. The normalized spacial score (nSPS) is 16.7. The van der Waals surface area contributed by atoms with Crippen molar-refractivity contribution in [3.8, 4) is 11.6 Å².